The van der Waals surface area contributed by atoms with Crippen LogP contribution in [0.3, 0.4) is 0 Å². The molecule has 4 atom stereocenters. The highest BCUT2D eigenvalue weighted by atomic mass is 16.7. The zero-order valence-corrected chi connectivity index (χ0v) is 17.7. The summed E-state index contributed by atoms with van der Waals surface area (Å²) in [7, 11) is 0. The fourth-order valence-corrected chi connectivity index (χ4v) is 3.96. The summed E-state index contributed by atoms with van der Waals surface area (Å²) in [5.41, 5.74) is 1.82. The van der Waals surface area contributed by atoms with Crippen LogP contribution in [0.25, 0.3) is 22.2 Å². The number of ether oxygens (including phenoxy) is 2. The minimum atomic E-state index is -1.10. The van der Waals surface area contributed by atoms with Gasteiger partial charge in [-0.05, 0) is 17.3 Å². The zero-order valence-electron chi connectivity index (χ0n) is 17.7. The van der Waals surface area contributed by atoms with Gasteiger partial charge in [-0.1, -0.05) is 22.9 Å². The summed E-state index contributed by atoms with van der Waals surface area (Å²) < 4.78 is 12.8. The Morgan fingerprint density at radius 1 is 1.26 bits per heavy atom. The second-order valence-electron chi connectivity index (χ2n) is 7.49. The van der Waals surface area contributed by atoms with E-state index in [4.69, 9.17) is 20.7 Å². The van der Waals surface area contributed by atoms with E-state index in [-0.39, 0.29) is 17.8 Å². The predicted octanol–water partition coefficient (Wildman–Crippen LogP) is 0.966. The van der Waals surface area contributed by atoms with Gasteiger partial charge in [0.1, 0.15) is 29.7 Å². The lowest BCUT2D eigenvalue weighted by Gasteiger charge is -2.22. The van der Waals surface area contributed by atoms with Crippen molar-refractivity contribution in [1.29, 1.82) is 0 Å². The number of para-hydroxylation sites is 1. The maximum Gasteiger partial charge on any atom is 0.303 e. The molecule has 1 aliphatic heterocycles. The molecule has 0 spiro atoms. The maximum atomic E-state index is 11.6. The van der Waals surface area contributed by atoms with E-state index in [9.17, 15) is 14.7 Å². The van der Waals surface area contributed by atoms with Crippen molar-refractivity contribution in [3.05, 3.63) is 36.9 Å². The third-order valence-corrected chi connectivity index (χ3v) is 5.34. The van der Waals surface area contributed by atoms with Crippen LogP contribution in [-0.2, 0) is 19.1 Å². The molecule has 5 rings (SSSR count). The summed E-state index contributed by atoms with van der Waals surface area (Å²) in [6, 6.07) is 7.21. The van der Waals surface area contributed by atoms with Crippen molar-refractivity contribution in [3.63, 3.8) is 0 Å². The van der Waals surface area contributed by atoms with Crippen molar-refractivity contribution in [2.75, 3.05) is 0 Å². The summed E-state index contributed by atoms with van der Waals surface area (Å²) >= 11 is 0. The van der Waals surface area contributed by atoms with Gasteiger partial charge in [0.05, 0.1) is 18.7 Å². The van der Waals surface area contributed by atoms with Gasteiger partial charge in [-0.3, -0.25) is 14.2 Å². The number of fused-ring (bicyclic) bond motifs is 2. The summed E-state index contributed by atoms with van der Waals surface area (Å²) in [6.07, 6.45) is 5.06. The van der Waals surface area contributed by atoms with Crippen molar-refractivity contribution in [3.8, 4) is 18.2 Å². The number of nitrogens with zero attached hydrogens (tertiary/aromatic N) is 7. The number of esters is 1. The number of aromatic nitrogens is 7. The first-order chi connectivity index (χ1) is 16.5. The van der Waals surface area contributed by atoms with E-state index in [1.54, 1.807) is 12.1 Å². The van der Waals surface area contributed by atoms with E-state index in [1.165, 1.54) is 29.0 Å². The van der Waals surface area contributed by atoms with Crippen molar-refractivity contribution in [2.24, 2.45) is 5.92 Å². The van der Waals surface area contributed by atoms with Gasteiger partial charge in [-0.2, -0.15) is 4.98 Å². The van der Waals surface area contributed by atoms with Crippen molar-refractivity contribution >= 4 is 34.1 Å². The molecule has 172 valence electrons. The van der Waals surface area contributed by atoms with Gasteiger partial charge in [0, 0.05) is 6.92 Å². The van der Waals surface area contributed by atoms with Gasteiger partial charge < -0.3 is 19.4 Å². The molecular formula is C21H17N7O6. The Bertz CT molecular complexity index is 1440. The molecule has 13 nitrogen and oxygen atoms in total. The van der Waals surface area contributed by atoms with Crippen LogP contribution in [0.2, 0.25) is 0 Å². The second-order valence-corrected chi connectivity index (χ2v) is 7.49. The highest BCUT2D eigenvalue weighted by Crippen LogP contribution is 2.40. The summed E-state index contributed by atoms with van der Waals surface area (Å²) in [4.78, 5) is 43.0. The number of carboxylic acids is 1. The SMILES string of the molecule is C#C[C@H]1O[C@@H](n2cnc3c(On4nnc5ccccc54)ncnc32)[C@H](CC(=O)O)[C@H]1OC(C)=O. The van der Waals surface area contributed by atoms with Crippen LogP contribution in [0.4, 0.5) is 0 Å². The highest BCUT2D eigenvalue weighted by Gasteiger charge is 2.48. The van der Waals surface area contributed by atoms with E-state index in [0.717, 1.165) is 0 Å². The third-order valence-electron chi connectivity index (χ3n) is 5.34. The topological polar surface area (TPSA) is 156 Å². The first-order valence-electron chi connectivity index (χ1n) is 10.1. The molecule has 3 aromatic heterocycles. The van der Waals surface area contributed by atoms with E-state index in [1.807, 2.05) is 12.1 Å². The molecule has 0 aliphatic carbocycles. The highest BCUT2D eigenvalue weighted by molar-refractivity contribution is 5.77. The van der Waals surface area contributed by atoms with Crippen molar-refractivity contribution < 1.29 is 29.0 Å². The summed E-state index contributed by atoms with van der Waals surface area (Å²) in [5, 5.41) is 17.5. The van der Waals surface area contributed by atoms with Gasteiger partial charge in [0.15, 0.2) is 17.3 Å². The number of terminal acetylenes is 1. The molecule has 0 saturated carbocycles. The van der Waals surface area contributed by atoms with Crippen LogP contribution in [-0.4, -0.2) is 63.9 Å². The van der Waals surface area contributed by atoms with Gasteiger partial charge in [0.25, 0.3) is 5.88 Å². The lowest BCUT2D eigenvalue weighted by atomic mass is 9.95. The normalized spacial score (nSPS) is 22.0. The number of aliphatic carboxylic acids is 1. The lowest BCUT2D eigenvalue weighted by molar-refractivity contribution is -0.151. The molecule has 0 unspecified atom stereocenters. The fourth-order valence-electron chi connectivity index (χ4n) is 3.96. The monoisotopic (exact) mass is 463 g/mol. The number of hydrogen-bond donors (Lipinski definition) is 1. The predicted molar refractivity (Wildman–Crippen MR) is 113 cm³/mol. The van der Waals surface area contributed by atoms with Crippen LogP contribution >= 0.6 is 0 Å². The summed E-state index contributed by atoms with van der Waals surface area (Å²) in [6.45, 7) is 1.22. The van der Waals surface area contributed by atoms with Gasteiger partial charge in [0.2, 0.25) is 0 Å². The molecule has 1 aliphatic rings. The number of carbonyl (C=O) groups excluding carboxylic acids is 1. The van der Waals surface area contributed by atoms with Crippen molar-refractivity contribution in [2.45, 2.75) is 31.8 Å². The molecule has 1 fully saturated rings. The van der Waals surface area contributed by atoms with Gasteiger partial charge >= 0.3 is 11.9 Å². The van der Waals surface area contributed by atoms with Crippen LogP contribution in [0, 0.1) is 18.3 Å². The van der Waals surface area contributed by atoms with Crippen molar-refractivity contribution in [1.82, 2.24) is 34.7 Å². The largest absolute Gasteiger partial charge is 0.481 e. The Hall–Kier alpha value is -4.57. The number of imidazole rings is 1. The quantitative estimate of drug-likeness (QED) is 0.321. The molecule has 13 heteroatoms. The average molecular weight is 463 g/mol. The molecule has 4 heterocycles. The van der Waals surface area contributed by atoms with E-state index < -0.39 is 36.3 Å². The first-order valence-corrected chi connectivity index (χ1v) is 10.1. The molecule has 34 heavy (non-hydrogen) atoms. The number of carbonyl (C=O) groups is 2. The summed E-state index contributed by atoms with van der Waals surface area (Å²) in [5.74, 6) is 0.0192. The number of rotatable bonds is 6. The minimum absolute atomic E-state index is 0.0946. The van der Waals surface area contributed by atoms with Gasteiger partial charge in [-0.25, -0.2) is 9.97 Å². The molecule has 1 aromatic carbocycles. The maximum absolute atomic E-state index is 11.6. The number of carboxylic acid groups (broad SMARTS) is 1. The van der Waals surface area contributed by atoms with Crippen LogP contribution in [0.5, 0.6) is 5.88 Å². The molecule has 0 radical (unpaired) electrons. The molecular weight excluding hydrogens is 446 g/mol. The smallest absolute Gasteiger partial charge is 0.303 e. The molecule has 1 N–H and O–H groups in total. The Balaban J connectivity index is 1.53. The van der Waals surface area contributed by atoms with Gasteiger partial charge in [-0.15, -0.1) is 11.5 Å². The Labute approximate surface area is 191 Å². The number of benzene rings is 1. The number of hydrogen-bond acceptors (Lipinski definition) is 10. The Kier molecular flexibility index (Phi) is 5.27. The third kappa shape index (κ3) is 3.65. The lowest BCUT2D eigenvalue weighted by Crippen LogP contribution is -2.32. The van der Waals surface area contributed by atoms with Crippen LogP contribution < -0.4 is 4.84 Å². The zero-order chi connectivity index (χ0) is 23.8. The molecule has 4 aromatic rings. The standard InChI is InChI=1S/C21H17N7O6/c1-3-15-18(32-11(2)29)12(8-16(30)31)21(33-15)27-10-24-17-19(27)22-9-23-20(17)34-28-14-7-5-4-6-13(14)25-26-28/h1,4-7,9-10,12,15,18,21H,8H2,2H3,(H,30,31)/t12-,15-,18-,21-/m1/s1. The van der Waals surface area contributed by atoms with Crippen LogP contribution in [0.15, 0.2) is 36.9 Å². The molecule has 1 saturated heterocycles. The molecule has 0 amide bonds. The van der Waals surface area contributed by atoms with E-state index >= 15 is 0 Å². The average Bonchev–Trinajstić information content (AvgIpc) is 3.50. The minimum Gasteiger partial charge on any atom is -0.481 e. The fraction of sp³-hybridized carbons (Fsp3) is 0.286. The van der Waals surface area contributed by atoms with E-state index in [0.29, 0.717) is 16.7 Å². The first kappa shape index (κ1) is 21.3. The Morgan fingerprint density at radius 3 is 2.85 bits per heavy atom. The van der Waals surface area contributed by atoms with E-state index in [2.05, 4.69) is 31.2 Å². The molecule has 0 bridgehead atoms. The second kappa shape index (κ2) is 8.41. The van der Waals surface area contributed by atoms with Crippen LogP contribution in [0.1, 0.15) is 19.6 Å². The Morgan fingerprint density at radius 2 is 2.09 bits per heavy atom.